The summed E-state index contributed by atoms with van der Waals surface area (Å²) in [7, 11) is -4.25. The summed E-state index contributed by atoms with van der Waals surface area (Å²) in [4.78, 5) is 4.30. The van der Waals surface area contributed by atoms with Gasteiger partial charge in [-0.3, -0.25) is 4.21 Å². The number of fused-ring (bicyclic) bond motifs is 1. The number of hydrogen-bond acceptors (Lipinski definition) is 6. The first-order valence-corrected chi connectivity index (χ1v) is 10.1. The molecule has 0 radical (unpaired) electrons. The molecule has 0 fully saturated rings. The molecule has 0 amide bonds. The van der Waals surface area contributed by atoms with Gasteiger partial charge in [-0.15, -0.1) is 11.3 Å². The maximum absolute atomic E-state index is 12.1. The fourth-order valence-electron chi connectivity index (χ4n) is 1.66. The summed E-state index contributed by atoms with van der Waals surface area (Å²) in [6.07, 6.45) is 0.390. The van der Waals surface area contributed by atoms with Crippen molar-refractivity contribution in [1.29, 1.82) is 0 Å². The van der Waals surface area contributed by atoms with Gasteiger partial charge in [0.15, 0.2) is 4.34 Å². The maximum atomic E-state index is 12.1. The molecule has 1 aromatic heterocycles. The van der Waals surface area contributed by atoms with Crippen molar-refractivity contribution in [3.8, 4) is 0 Å². The number of rotatable bonds is 6. The van der Waals surface area contributed by atoms with E-state index in [9.17, 15) is 12.6 Å². The highest BCUT2D eigenvalue weighted by Crippen LogP contribution is 2.26. The van der Waals surface area contributed by atoms with Crippen molar-refractivity contribution in [3.63, 3.8) is 0 Å². The second-order valence-electron chi connectivity index (χ2n) is 4.35. The van der Waals surface area contributed by atoms with Gasteiger partial charge in [-0.25, -0.2) is 13.4 Å². The van der Waals surface area contributed by atoms with Crippen molar-refractivity contribution in [2.75, 3.05) is 23.0 Å². The second-order valence-corrected chi connectivity index (χ2v) is 9.59. The zero-order chi connectivity index (χ0) is 14.8. The van der Waals surface area contributed by atoms with Crippen LogP contribution in [-0.2, 0) is 20.6 Å². The lowest BCUT2D eigenvalue weighted by atomic mass is 10.3. The summed E-state index contributed by atoms with van der Waals surface area (Å²) in [6.45, 7) is 1.62. The minimum Gasteiger partial charge on any atom is -0.399 e. The Kier molecular flexibility index (Phi) is 4.77. The first-order valence-electron chi connectivity index (χ1n) is 6.16. The number of anilines is 1. The molecule has 0 aliphatic rings. The van der Waals surface area contributed by atoms with Crippen molar-refractivity contribution < 1.29 is 12.6 Å². The summed E-state index contributed by atoms with van der Waals surface area (Å²) in [5, 5.41) is 0. The standard InChI is InChI=1S/C12H16N2O3S3/c1-2-20(16,17)7-3-6-19(15)12-14-10-5-4-9(13)8-11(10)18-12/h4-5,8H,2-3,6-7,13H2,1H3. The Hall–Kier alpha value is -0.990. The zero-order valence-corrected chi connectivity index (χ0v) is 13.5. The molecule has 0 spiro atoms. The number of thiazole rings is 1. The normalized spacial score (nSPS) is 13.7. The predicted octanol–water partition coefficient (Wildman–Crippen LogP) is 1.81. The van der Waals surface area contributed by atoms with Crippen LogP contribution in [0.15, 0.2) is 22.5 Å². The van der Waals surface area contributed by atoms with Crippen LogP contribution in [0.2, 0.25) is 0 Å². The van der Waals surface area contributed by atoms with Crippen LogP contribution in [-0.4, -0.2) is 34.9 Å². The molecule has 0 saturated carbocycles. The average molecular weight is 332 g/mol. The van der Waals surface area contributed by atoms with E-state index in [0.717, 1.165) is 10.2 Å². The lowest BCUT2D eigenvalue weighted by Crippen LogP contribution is -2.11. The van der Waals surface area contributed by atoms with E-state index in [1.807, 2.05) is 0 Å². The zero-order valence-electron chi connectivity index (χ0n) is 11.0. The van der Waals surface area contributed by atoms with Crippen molar-refractivity contribution in [2.45, 2.75) is 17.7 Å². The Bertz CT molecular complexity index is 737. The molecular formula is C12H16N2O3S3. The molecular weight excluding hydrogens is 316 g/mol. The fraction of sp³-hybridized carbons (Fsp3) is 0.417. The second kappa shape index (κ2) is 6.19. The summed E-state index contributed by atoms with van der Waals surface area (Å²) in [5.74, 6) is 0.516. The number of sulfone groups is 1. The molecule has 20 heavy (non-hydrogen) atoms. The van der Waals surface area contributed by atoms with Crippen molar-refractivity contribution >= 4 is 47.9 Å². The van der Waals surface area contributed by atoms with E-state index in [-0.39, 0.29) is 11.5 Å². The molecule has 1 unspecified atom stereocenters. The SMILES string of the molecule is CCS(=O)(=O)CCCS(=O)c1nc2ccc(N)cc2s1. The summed E-state index contributed by atoms with van der Waals surface area (Å²) >= 11 is 1.34. The molecule has 110 valence electrons. The Morgan fingerprint density at radius 3 is 2.85 bits per heavy atom. The number of benzene rings is 1. The Labute approximate surface area is 124 Å². The molecule has 5 nitrogen and oxygen atoms in total. The molecule has 2 rings (SSSR count). The van der Waals surface area contributed by atoms with Crippen LogP contribution in [0.25, 0.3) is 10.2 Å². The number of nitrogens with zero attached hydrogens (tertiary/aromatic N) is 1. The van der Waals surface area contributed by atoms with Gasteiger partial charge in [0.2, 0.25) is 0 Å². The van der Waals surface area contributed by atoms with Crippen LogP contribution in [0.5, 0.6) is 0 Å². The highest BCUT2D eigenvalue weighted by molar-refractivity contribution is 7.91. The van der Waals surface area contributed by atoms with Gasteiger partial charge < -0.3 is 5.73 Å². The number of hydrogen-bond donors (Lipinski definition) is 1. The minimum absolute atomic E-state index is 0.0765. The smallest absolute Gasteiger partial charge is 0.181 e. The Morgan fingerprint density at radius 1 is 1.40 bits per heavy atom. The van der Waals surface area contributed by atoms with Crippen molar-refractivity contribution in [3.05, 3.63) is 18.2 Å². The molecule has 0 aliphatic carbocycles. The quantitative estimate of drug-likeness (QED) is 0.815. The van der Waals surface area contributed by atoms with Gasteiger partial charge in [-0.1, -0.05) is 6.92 Å². The van der Waals surface area contributed by atoms with E-state index in [1.54, 1.807) is 25.1 Å². The summed E-state index contributed by atoms with van der Waals surface area (Å²) in [6, 6.07) is 5.35. The van der Waals surface area contributed by atoms with Gasteiger partial charge in [0.1, 0.15) is 9.84 Å². The van der Waals surface area contributed by atoms with Crippen LogP contribution in [0.3, 0.4) is 0 Å². The molecule has 0 aliphatic heterocycles. The third kappa shape index (κ3) is 3.77. The van der Waals surface area contributed by atoms with Gasteiger partial charge in [-0.05, 0) is 24.6 Å². The fourth-order valence-corrected chi connectivity index (χ4v) is 5.13. The lowest BCUT2D eigenvalue weighted by molar-refractivity contribution is 0.596. The average Bonchev–Trinajstić information content (AvgIpc) is 2.81. The van der Waals surface area contributed by atoms with E-state index < -0.39 is 20.6 Å². The van der Waals surface area contributed by atoms with Gasteiger partial charge in [-0.2, -0.15) is 0 Å². The molecule has 1 aromatic carbocycles. The van der Waals surface area contributed by atoms with Crippen LogP contribution >= 0.6 is 11.3 Å². The summed E-state index contributed by atoms with van der Waals surface area (Å²) < 4.78 is 36.3. The molecule has 0 bridgehead atoms. The van der Waals surface area contributed by atoms with Gasteiger partial charge >= 0.3 is 0 Å². The minimum atomic E-state index is -3.00. The highest BCUT2D eigenvalue weighted by atomic mass is 32.2. The predicted molar refractivity (Wildman–Crippen MR) is 84.3 cm³/mol. The van der Waals surface area contributed by atoms with E-state index in [2.05, 4.69) is 4.98 Å². The monoisotopic (exact) mass is 332 g/mol. The molecule has 1 heterocycles. The number of aromatic nitrogens is 1. The van der Waals surface area contributed by atoms with Gasteiger partial charge in [0.25, 0.3) is 0 Å². The number of nitrogen functional groups attached to an aromatic ring is 1. The largest absolute Gasteiger partial charge is 0.399 e. The van der Waals surface area contributed by atoms with Crippen molar-refractivity contribution in [2.24, 2.45) is 0 Å². The van der Waals surface area contributed by atoms with Crippen molar-refractivity contribution in [1.82, 2.24) is 4.98 Å². The molecule has 2 N–H and O–H groups in total. The van der Waals surface area contributed by atoms with E-state index in [1.165, 1.54) is 11.3 Å². The molecule has 0 saturated heterocycles. The van der Waals surface area contributed by atoms with Crippen LogP contribution in [0.1, 0.15) is 13.3 Å². The topological polar surface area (TPSA) is 90.1 Å². The highest BCUT2D eigenvalue weighted by Gasteiger charge is 2.13. The third-order valence-electron chi connectivity index (χ3n) is 2.81. The van der Waals surface area contributed by atoms with Crippen LogP contribution in [0.4, 0.5) is 5.69 Å². The molecule has 8 heteroatoms. The van der Waals surface area contributed by atoms with Crippen LogP contribution in [0, 0.1) is 0 Å². The first-order chi connectivity index (χ1) is 9.41. The van der Waals surface area contributed by atoms with Gasteiger partial charge in [0.05, 0.1) is 26.8 Å². The maximum Gasteiger partial charge on any atom is 0.181 e. The molecule has 1 atom stereocenters. The number of nitrogens with two attached hydrogens (primary N) is 1. The van der Waals surface area contributed by atoms with E-state index in [4.69, 9.17) is 5.73 Å². The van der Waals surface area contributed by atoms with E-state index >= 15 is 0 Å². The van der Waals surface area contributed by atoms with E-state index in [0.29, 0.717) is 22.2 Å². The Balaban J connectivity index is 2.04. The first kappa shape index (κ1) is 15.4. The lowest BCUT2D eigenvalue weighted by Gasteiger charge is -2.00. The Morgan fingerprint density at radius 2 is 2.15 bits per heavy atom. The van der Waals surface area contributed by atoms with Crippen LogP contribution < -0.4 is 5.73 Å². The van der Waals surface area contributed by atoms with Gasteiger partial charge in [0, 0.05) is 17.2 Å². The molecule has 2 aromatic rings. The summed E-state index contributed by atoms with van der Waals surface area (Å²) in [5.41, 5.74) is 7.11. The third-order valence-corrected chi connectivity index (χ3v) is 7.36.